The van der Waals surface area contributed by atoms with Gasteiger partial charge in [0.05, 0.1) is 38.6 Å². The lowest BCUT2D eigenvalue weighted by Crippen LogP contribution is -2.34. The lowest BCUT2D eigenvalue weighted by atomic mass is 9.94. The third kappa shape index (κ3) is 3.50. The van der Waals surface area contributed by atoms with Crippen LogP contribution in [-0.2, 0) is 0 Å². The number of hydrazone groups is 1. The van der Waals surface area contributed by atoms with Gasteiger partial charge >= 0.3 is 0 Å². The summed E-state index contributed by atoms with van der Waals surface area (Å²) in [6, 6.07) is 17.0. The fourth-order valence-electron chi connectivity index (χ4n) is 4.52. The number of para-hydroxylation sites is 1. The molecule has 0 saturated carbocycles. The maximum Gasteiger partial charge on any atom is 0.217 e. The van der Waals surface area contributed by atoms with Crippen molar-refractivity contribution in [1.82, 2.24) is 5.01 Å². The second kappa shape index (κ2) is 8.24. The van der Waals surface area contributed by atoms with Gasteiger partial charge in [0.15, 0.2) is 11.5 Å². The summed E-state index contributed by atoms with van der Waals surface area (Å²) in [6.45, 7) is 2.00. The van der Waals surface area contributed by atoms with Crippen molar-refractivity contribution in [2.24, 2.45) is 5.10 Å². The van der Waals surface area contributed by atoms with Crippen LogP contribution in [0.1, 0.15) is 40.9 Å². The number of rotatable bonds is 5. The number of aromatic hydroxyl groups is 1. The number of benzene rings is 3. The Morgan fingerprint density at radius 2 is 1.76 bits per heavy atom. The molecule has 0 spiro atoms. The minimum Gasteiger partial charge on any atom is -0.507 e. The second-order valence-electron chi connectivity index (χ2n) is 8.12. The number of aryl methyl sites for hydroxylation is 1. The summed E-state index contributed by atoms with van der Waals surface area (Å²) >= 11 is 0. The summed E-state index contributed by atoms with van der Waals surface area (Å²) < 4.78 is 23.2. The zero-order valence-electron chi connectivity index (χ0n) is 19.0. The van der Waals surface area contributed by atoms with Gasteiger partial charge < -0.3 is 24.1 Å². The zero-order valence-corrected chi connectivity index (χ0v) is 19.0. The largest absolute Gasteiger partial charge is 0.507 e. The number of hydrogen-bond donors (Lipinski definition) is 1. The molecule has 0 bridgehead atoms. The molecule has 0 amide bonds. The van der Waals surface area contributed by atoms with Gasteiger partial charge in [-0.3, -0.25) is 0 Å². The van der Waals surface area contributed by atoms with E-state index in [0.717, 1.165) is 28.0 Å². The van der Waals surface area contributed by atoms with Gasteiger partial charge in [-0.25, -0.2) is 5.01 Å². The van der Waals surface area contributed by atoms with Crippen molar-refractivity contribution < 1.29 is 24.1 Å². The van der Waals surface area contributed by atoms with Crippen LogP contribution in [0.2, 0.25) is 0 Å². The van der Waals surface area contributed by atoms with E-state index in [0.29, 0.717) is 29.4 Å². The van der Waals surface area contributed by atoms with E-state index in [2.05, 4.69) is 0 Å². The van der Waals surface area contributed by atoms with Crippen molar-refractivity contribution in [3.05, 3.63) is 76.9 Å². The Bertz CT molecular complexity index is 1240. The average molecular weight is 447 g/mol. The molecule has 1 N–H and O–H groups in total. The Hall–Kier alpha value is -3.87. The van der Waals surface area contributed by atoms with E-state index in [4.69, 9.17) is 24.0 Å². The molecular weight excluding hydrogens is 420 g/mol. The normalized spacial score (nSPS) is 18.7. The van der Waals surface area contributed by atoms with Crippen LogP contribution in [0.15, 0.2) is 59.7 Å². The van der Waals surface area contributed by atoms with E-state index in [1.54, 1.807) is 27.4 Å². The number of phenolic OH excluding ortho intramolecular Hbond substituents is 1. The summed E-state index contributed by atoms with van der Waals surface area (Å²) in [7, 11) is 4.88. The maximum absolute atomic E-state index is 10.5. The van der Waals surface area contributed by atoms with E-state index >= 15 is 0 Å². The first-order chi connectivity index (χ1) is 16.0. The summed E-state index contributed by atoms with van der Waals surface area (Å²) in [5, 5.41) is 17.4. The Labute approximate surface area is 192 Å². The molecule has 3 aromatic rings. The quantitative estimate of drug-likeness (QED) is 0.597. The Morgan fingerprint density at radius 1 is 0.939 bits per heavy atom. The van der Waals surface area contributed by atoms with Gasteiger partial charge in [-0.05, 0) is 37.3 Å². The first-order valence-corrected chi connectivity index (χ1v) is 10.7. The Balaban J connectivity index is 1.66. The molecule has 2 aliphatic heterocycles. The van der Waals surface area contributed by atoms with Gasteiger partial charge in [0.25, 0.3) is 0 Å². The zero-order chi connectivity index (χ0) is 23.1. The predicted molar refractivity (Wildman–Crippen MR) is 124 cm³/mol. The van der Waals surface area contributed by atoms with E-state index in [1.165, 1.54) is 0 Å². The molecule has 0 saturated heterocycles. The number of hydrogen-bond acceptors (Lipinski definition) is 7. The topological polar surface area (TPSA) is 72.8 Å². The molecule has 0 aromatic heterocycles. The van der Waals surface area contributed by atoms with Crippen LogP contribution < -0.4 is 18.9 Å². The number of fused-ring (bicyclic) bond motifs is 3. The van der Waals surface area contributed by atoms with E-state index in [1.807, 2.05) is 60.5 Å². The molecular formula is C26H26N2O5. The van der Waals surface area contributed by atoms with Crippen LogP contribution in [0.5, 0.6) is 28.7 Å². The van der Waals surface area contributed by atoms with Gasteiger partial charge in [-0.1, -0.05) is 23.8 Å². The van der Waals surface area contributed by atoms with Crippen LogP contribution >= 0.6 is 0 Å². The molecule has 0 aliphatic carbocycles. The lowest BCUT2D eigenvalue weighted by molar-refractivity contribution is -0.0222. The molecule has 7 heteroatoms. The molecule has 3 aromatic carbocycles. The number of ether oxygens (including phenoxy) is 4. The van der Waals surface area contributed by atoms with Crippen molar-refractivity contribution >= 4 is 5.71 Å². The second-order valence-corrected chi connectivity index (χ2v) is 8.12. The van der Waals surface area contributed by atoms with Crippen LogP contribution in [0.25, 0.3) is 0 Å². The standard InChI is InChI=1S/C26H26N2O5/c1-15-8-11-22(29)19(12-15)20-14-21-17-6-5-7-23(31-3)25(17)33-26(28(21)27-20)18-10-9-16(30-2)13-24(18)32-4/h5-13,21,26,29H,14H2,1-4H3. The summed E-state index contributed by atoms with van der Waals surface area (Å²) in [6.07, 6.45) is 0.0688. The van der Waals surface area contributed by atoms with Crippen LogP contribution in [0.4, 0.5) is 0 Å². The van der Waals surface area contributed by atoms with E-state index < -0.39 is 6.23 Å². The predicted octanol–water partition coefficient (Wildman–Crippen LogP) is 4.97. The van der Waals surface area contributed by atoms with Gasteiger partial charge in [0.1, 0.15) is 17.2 Å². The highest BCUT2D eigenvalue weighted by Crippen LogP contribution is 2.52. The third-order valence-electron chi connectivity index (χ3n) is 6.17. The molecule has 2 unspecified atom stereocenters. The fraction of sp³-hybridized carbons (Fsp3) is 0.269. The molecule has 33 heavy (non-hydrogen) atoms. The van der Waals surface area contributed by atoms with Crippen molar-refractivity contribution in [2.45, 2.75) is 25.6 Å². The first kappa shape index (κ1) is 21.0. The van der Waals surface area contributed by atoms with Gasteiger partial charge in [0, 0.05) is 23.6 Å². The Kier molecular flexibility index (Phi) is 5.24. The fourth-order valence-corrected chi connectivity index (χ4v) is 4.52. The SMILES string of the molecule is COc1ccc(C2Oc3c(OC)cccc3C3CC(c4cc(C)ccc4O)=NN32)c(OC)c1. The maximum atomic E-state index is 10.5. The Morgan fingerprint density at radius 3 is 2.52 bits per heavy atom. The highest BCUT2D eigenvalue weighted by atomic mass is 16.5. The molecule has 2 heterocycles. The molecule has 5 rings (SSSR count). The van der Waals surface area contributed by atoms with Crippen molar-refractivity contribution in [1.29, 1.82) is 0 Å². The average Bonchev–Trinajstić information content (AvgIpc) is 3.29. The molecule has 0 radical (unpaired) electrons. The van der Waals surface area contributed by atoms with Gasteiger partial charge in [-0.15, -0.1) is 0 Å². The first-order valence-electron chi connectivity index (χ1n) is 10.7. The van der Waals surface area contributed by atoms with Crippen LogP contribution in [-0.4, -0.2) is 37.2 Å². The summed E-state index contributed by atoms with van der Waals surface area (Å²) in [4.78, 5) is 0. The van der Waals surface area contributed by atoms with Gasteiger partial charge in [0.2, 0.25) is 6.23 Å². The monoisotopic (exact) mass is 446 g/mol. The van der Waals surface area contributed by atoms with Crippen LogP contribution in [0.3, 0.4) is 0 Å². The lowest BCUT2D eigenvalue weighted by Gasteiger charge is -2.39. The minimum absolute atomic E-state index is 0.0874. The summed E-state index contributed by atoms with van der Waals surface area (Å²) in [5.41, 5.74) is 4.40. The summed E-state index contributed by atoms with van der Waals surface area (Å²) in [5.74, 6) is 2.89. The van der Waals surface area contributed by atoms with Crippen molar-refractivity contribution in [3.8, 4) is 28.7 Å². The van der Waals surface area contributed by atoms with Crippen LogP contribution in [0, 0.1) is 6.92 Å². The molecule has 7 nitrogen and oxygen atoms in total. The van der Waals surface area contributed by atoms with E-state index in [9.17, 15) is 5.11 Å². The van der Waals surface area contributed by atoms with E-state index in [-0.39, 0.29) is 11.8 Å². The molecule has 2 aliphatic rings. The highest BCUT2D eigenvalue weighted by molar-refractivity contribution is 6.04. The smallest absolute Gasteiger partial charge is 0.217 e. The number of phenols is 1. The molecule has 170 valence electrons. The third-order valence-corrected chi connectivity index (χ3v) is 6.17. The van der Waals surface area contributed by atoms with Crippen molar-refractivity contribution in [2.75, 3.05) is 21.3 Å². The molecule has 0 fully saturated rings. The highest BCUT2D eigenvalue weighted by Gasteiger charge is 2.43. The van der Waals surface area contributed by atoms with Gasteiger partial charge in [-0.2, -0.15) is 5.10 Å². The minimum atomic E-state index is -0.552. The molecule has 2 atom stereocenters. The number of methoxy groups -OCH3 is 3. The van der Waals surface area contributed by atoms with Crippen molar-refractivity contribution in [3.63, 3.8) is 0 Å². The number of nitrogens with zero attached hydrogens (tertiary/aromatic N) is 2.